The zero-order valence-electron chi connectivity index (χ0n) is 21.6. The van der Waals surface area contributed by atoms with Crippen LogP contribution in [0, 0.1) is 0 Å². The average molecular weight is 514 g/mol. The van der Waals surface area contributed by atoms with Crippen molar-refractivity contribution >= 4 is 57.5 Å². The number of para-hydroxylation sites is 3. The molecule has 0 spiro atoms. The zero-order valence-corrected chi connectivity index (χ0v) is 21.6. The molecule has 0 aliphatic rings. The van der Waals surface area contributed by atoms with Gasteiger partial charge in [-0.3, -0.25) is 5.43 Å². The van der Waals surface area contributed by atoms with Crippen LogP contribution in [-0.2, 0) is 14.1 Å². The van der Waals surface area contributed by atoms with Crippen LogP contribution in [0.5, 0.6) is 0 Å². The molecule has 6 rings (SSSR count). The first-order valence-electron chi connectivity index (χ1n) is 12.5. The highest BCUT2D eigenvalue weighted by atomic mass is 15.4. The number of benzene rings is 3. The fraction of sp³-hybridized carbons (Fsp3) is 0.0667. The van der Waals surface area contributed by atoms with Crippen LogP contribution in [0.3, 0.4) is 0 Å². The predicted octanol–water partition coefficient (Wildman–Crippen LogP) is 6.10. The molecule has 0 bridgehead atoms. The summed E-state index contributed by atoms with van der Waals surface area (Å²) in [7, 11) is 4.04. The van der Waals surface area contributed by atoms with Gasteiger partial charge in [-0.1, -0.05) is 54.6 Å². The summed E-state index contributed by atoms with van der Waals surface area (Å²) < 4.78 is 4.16. The lowest BCUT2D eigenvalue weighted by Gasteiger charge is -2.09. The highest BCUT2D eigenvalue weighted by Gasteiger charge is 2.07. The Morgan fingerprint density at radius 2 is 1.18 bits per heavy atom. The van der Waals surface area contributed by atoms with E-state index in [1.807, 2.05) is 81.1 Å². The lowest BCUT2D eigenvalue weighted by atomic mass is 10.2. The summed E-state index contributed by atoms with van der Waals surface area (Å²) in [5.74, 6) is 1.44. The van der Waals surface area contributed by atoms with Crippen molar-refractivity contribution in [2.75, 3.05) is 16.2 Å². The van der Waals surface area contributed by atoms with E-state index < -0.39 is 0 Å². The van der Waals surface area contributed by atoms with E-state index in [-0.39, 0.29) is 0 Å². The Kier molecular flexibility index (Phi) is 6.45. The van der Waals surface area contributed by atoms with E-state index in [1.165, 1.54) is 0 Å². The van der Waals surface area contributed by atoms with Gasteiger partial charge in [-0.2, -0.15) is 20.2 Å². The minimum Gasteiger partial charge on any atom is -0.350 e. The lowest BCUT2D eigenvalue weighted by molar-refractivity contribution is 0.968. The van der Waals surface area contributed by atoms with Crippen LogP contribution < -0.4 is 16.2 Å². The van der Waals surface area contributed by atoms with Crippen molar-refractivity contribution in [2.24, 2.45) is 24.3 Å². The maximum absolute atomic E-state index is 4.59. The maximum Gasteiger partial charge on any atom is 0.247 e. The molecule has 39 heavy (non-hydrogen) atoms. The largest absolute Gasteiger partial charge is 0.350 e. The number of anilines is 4. The van der Waals surface area contributed by atoms with Crippen molar-refractivity contribution in [3.63, 3.8) is 0 Å². The molecule has 6 aromatic rings. The van der Waals surface area contributed by atoms with Gasteiger partial charge in [0.05, 0.1) is 12.4 Å². The molecule has 0 saturated heterocycles. The number of fused-ring (bicyclic) bond motifs is 2. The number of hydrazone groups is 2. The SMILES string of the molecule is Cn1cc(C=NNc2cc(Nc3ccccc3)nc(NN=Cc3cn(C)c4ccccc34)n2)c2ccccc21. The lowest BCUT2D eigenvalue weighted by Crippen LogP contribution is -2.04. The molecule has 3 N–H and O–H groups in total. The molecule has 192 valence electrons. The Hall–Kier alpha value is -5.44. The molecular weight excluding hydrogens is 486 g/mol. The summed E-state index contributed by atoms with van der Waals surface area (Å²) in [5.41, 5.74) is 11.2. The summed E-state index contributed by atoms with van der Waals surface area (Å²) >= 11 is 0. The van der Waals surface area contributed by atoms with Crippen LogP contribution in [0.25, 0.3) is 21.8 Å². The Morgan fingerprint density at radius 3 is 1.82 bits per heavy atom. The number of aromatic nitrogens is 4. The highest BCUT2D eigenvalue weighted by Crippen LogP contribution is 2.22. The zero-order chi connectivity index (χ0) is 26.6. The smallest absolute Gasteiger partial charge is 0.247 e. The number of hydrogen-bond acceptors (Lipinski definition) is 7. The second kappa shape index (κ2) is 10.5. The van der Waals surface area contributed by atoms with Crippen LogP contribution in [0.2, 0.25) is 0 Å². The van der Waals surface area contributed by atoms with Gasteiger partial charge in [-0.15, -0.1) is 0 Å². The number of aryl methyl sites for hydroxylation is 2. The third-order valence-electron chi connectivity index (χ3n) is 6.38. The van der Waals surface area contributed by atoms with E-state index >= 15 is 0 Å². The van der Waals surface area contributed by atoms with Crippen LogP contribution in [-0.4, -0.2) is 31.5 Å². The fourth-order valence-electron chi connectivity index (χ4n) is 4.57. The minimum atomic E-state index is 0.329. The molecule has 0 unspecified atom stereocenters. The van der Waals surface area contributed by atoms with E-state index in [0.717, 1.165) is 38.6 Å². The second-order valence-electron chi connectivity index (χ2n) is 9.12. The summed E-state index contributed by atoms with van der Waals surface area (Å²) in [6.07, 6.45) is 7.65. The minimum absolute atomic E-state index is 0.329. The van der Waals surface area contributed by atoms with Gasteiger partial charge in [-0.05, 0) is 24.3 Å². The first-order valence-corrected chi connectivity index (χ1v) is 12.5. The normalized spacial score (nSPS) is 11.6. The number of nitrogens with one attached hydrogen (secondary N) is 3. The quantitative estimate of drug-likeness (QED) is 0.169. The summed E-state index contributed by atoms with van der Waals surface area (Å²) in [6.45, 7) is 0. The molecule has 0 atom stereocenters. The fourth-order valence-corrected chi connectivity index (χ4v) is 4.57. The van der Waals surface area contributed by atoms with E-state index in [1.54, 1.807) is 18.5 Å². The maximum atomic E-state index is 4.59. The molecule has 3 aromatic heterocycles. The Labute approximate surface area is 225 Å². The predicted molar refractivity (Wildman–Crippen MR) is 160 cm³/mol. The molecule has 0 amide bonds. The summed E-state index contributed by atoms with van der Waals surface area (Å²) in [5, 5.41) is 14.4. The standard InChI is InChI=1S/C30H27N9/c1-38-19-21(24-12-6-8-14-26(24)38)17-31-36-29-16-28(33-23-10-4-3-5-11-23)34-30(35-29)37-32-18-22-20-39(2)27-15-9-7-13-25(22)27/h3-20H,1-2H3,(H3,33,34,35,36,37). The molecule has 3 aromatic carbocycles. The van der Waals surface area contributed by atoms with Gasteiger partial charge in [0.15, 0.2) is 5.82 Å². The van der Waals surface area contributed by atoms with Gasteiger partial charge in [0, 0.05) is 71.2 Å². The van der Waals surface area contributed by atoms with Gasteiger partial charge < -0.3 is 14.5 Å². The van der Waals surface area contributed by atoms with Crippen molar-refractivity contribution in [3.8, 4) is 0 Å². The van der Waals surface area contributed by atoms with Gasteiger partial charge in [0.2, 0.25) is 5.95 Å². The van der Waals surface area contributed by atoms with Crippen molar-refractivity contribution < 1.29 is 0 Å². The summed E-state index contributed by atoms with van der Waals surface area (Å²) in [6, 6.07) is 28.1. The molecular formula is C30H27N9. The van der Waals surface area contributed by atoms with Gasteiger partial charge >= 0.3 is 0 Å². The van der Waals surface area contributed by atoms with Gasteiger partial charge in [-0.25, -0.2) is 5.43 Å². The van der Waals surface area contributed by atoms with E-state index in [2.05, 4.69) is 69.7 Å². The van der Waals surface area contributed by atoms with Crippen LogP contribution in [0.15, 0.2) is 108 Å². The Balaban J connectivity index is 1.25. The highest BCUT2D eigenvalue weighted by molar-refractivity contribution is 6.00. The molecule has 0 aliphatic carbocycles. The molecule has 0 radical (unpaired) electrons. The van der Waals surface area contributed by atoms with Gasteiger partial charge in [0.1, 0.15) is 5.82 Å². The van der Waals surface area contributed by atoms with Crippen LogP contribution in [0.4, 0.5) is 23.3 Å². The van der Waals surface area contributed by atoms with Crippen LogP contribution >= 0.6 is 0 Å². The van der Waals surface area contributed by atoms with E-state index in [9.17, 15) is 0 Å². The third kappa shape index (κ3) is 5.19. The second-order valence-corrected chi connectivity index (χ2v) is 9.12. The molecule has 0 aliphatic heterocycles. The molecule has 9 nitrogen and oxygen atoms in total. The number of rotatable bonds is 8. The average Bonchev–Trinajstić information content (AvgIpc) is 3.45. The summed E-state index contributed by atoms with van der Waals surface area (Å²) in [4.78, 5) is 9.15. The van der Waals surface area contributed by atoms with Crippen molar-refractivity contribution in [2.45, 2.75) is 0 Å². The molecule has 0 saturated carbocycles. The number of hydrogen-bond donors (Lipinski definition) is 3. The third-order valence-corrected chi connectivity index (χ3v) is 6.38. The van der Waals surface area contributed by atoms with E-state index in [4.69, 9.17) is 0 Å². The van der Waals surface area contributed by atoms with Crippen molar-refractivity contribution in [3.05, 3.63) is 108 Å². The first kappa shape index (κ1) is 23.9. The van der Waals surface area contributed by atoms with Crippen molar-refractivity contribution in [1.82, 2.24) is 19.1 Å². The first-order chi connectivity index (χ1) is 19.1. The van der Waals surface area contributed by atoms with Crippen molar-refractivity contribution in [1.29, 1.82) is 0 Å². The molecule has 0 fully saturated rings. The monoisotopic (exact) mass is 513 g/mol. The molecule has 3 heterocycles. The van der Waals surface area contributed by atoms with E-state index in [0.29, 0.717) is 17.6 Å². The Bertz CT molecular complexity index is 1700. The Morgan fingerprint density at radius 1 is 0.641 bits per heavy atom. The van der Waals surface area contributed by atoms with Crippen LogP contribution in [0.1, 0.15) is 11.1 Å². The van der Waals surface area contributed by atoms with Gasteiger partial charge in [0.25, 0.3) is 0 Å². The number of nitrogens with zero attached hydrogens (tertiary/aromatic N) is 6. The topological polar surface area (TPSA) is 96.5 Å². The molecule has 9 heteroatoms.